The minimum absolute atomic E-state index is 0.0477. The number of carbonyl (C=O) groups excluding carboxylic acids is 2. The second kappa shape index (κ2) is 4.85. The average molecular weight is 267 g/mol. The third kappa shape index (κ3) is 1.82. The Balaban J connectivity index is 2.43. The Morgan fingerprint density at radius 3 is 2.79 bits per heavy atom. The van der Waals surface area contributed by atoms with Gasteiger partial charge in [-0.05, 0) is 0 Å². The van der Waals surface area contributed by atoms with Crippen molar-refractivity contribution in [1.29, 1.82) is 0 Å². The Kier molecular flexibility index (Phi) is 3.39. The van der Waals surface area contributed by atoms with Crippen LogP contribution in [0.3, 0.4) is 0 Å². The predicted molar refractivity (Wildman–Crippen MR) is 61.7 cm³/mol. The Morgan fingerprint density at radius 2 is 2.26 bits per heavy atom. The number of nitrogens with zero attached hydrogens (tertiary/aromatic N) is 1. The Bertz CT molecular complexity index is 483. The van der Waals surface area contributed by atoms with E-state index < -0.39 is 17.7 Å². The van der Waals surface area contributed by atoms with Gasteiger partial charge < -0.3 is 14.9 Å². The first-order valence-electron chi connectivity index (χ1n) is 5.72. The van der Waals surface area contributed by atoms with E-state index in [0.717, 1.165) is 11.0 Å². The summed E-state index contributed by atoms with van der Waals surface area (Å²) in [6.07, 6.45) is 3.69. The minimum Gasteiger partial charge on any atom is -0.479 e. The molecule has 19 heavy (non-hydrogen) atoms. The summed E-state index contributed by atoms with van der Waals surface area (Å²) in [5.74, 6) is -1.65. The molecular formula is C12H13NO6. The van der Waals surface area contributed by atoms with Gasteiger partial charge in [0.15, 0.2) is 6.23 Å². The number of carboxylic acids is 1. The summed E-state index contributed by atoms with van der Waals surface area (Å²) in [6, 6.07) is 0. The first kappa shape index (κ1) is 13.3. The third-order valence-electron chi connectivity index (χ3n) is 3.25. The van der Waals surface area contributed by atoms with Crippen LogP contribution in [0.5, 0.6) is 0 Å². The van der Waals surface area contributed by atoms with Crippen molar-refractivity contribution in [2.24, 2.45) is 0 Å². The monoisotopic (exact) mass is 267 g/mol. The first-order valence-corrected chi connectivity index (χ1v) is 5.72. The van der Waals surface area contributed by atoms with E-state index in [1.165, 1.54) is 12.2 Å². The van der Waals surface area contributed by atoms with E-state index in [9.17, 15) is 19.5 Å². The van der Waals surface area contributed by atoms with E-state index in [1.807, 2.05) is 0 Å². The molecule has 1 unspecified atom stereocenters. The topological polar surface area (TPSA) is 104 Å². The molecule has 0 aliphatic carbocycles. The molecule has 102 valence electrons. The third-order valence-corrected chi connectivity index (χ3v) is 3.25. The lowest BCUT2D eigenvalue weighted by molar-refractivity contribution is -0.170. The van der Waals surface area contributed by atoms with E-state index in [1.54, 1.807) is 0 Å². The number of ether oxygens (including phenoxy) is 1. The van der Waals surface area contributed by atoms with Crippen LogP contribution in [0.1, 0.15) is 12.8 Å². The fourth-order valence-electron chi connectivity index (χ4n) is 2.37. The van der Waals surface area contributed by atoms with Gasteiger partial charge in [-0.25, -0.2) is 4.79 Å². The lowest BCUT2D eigenvalue weighted by Gasteiger charge is -2.40. The number of aliphatic hydroxyl groups excluding tert-OH is 1. The highest BCUT2D eigenvalue weighted by Crippen LogP contribution is 2.46. The van der Waals surface area contributed by atoms with E-state index >= 15 is 0 Å². The molecular weight excluding hydrogens is 254 g/mol. The van der Waals surface area contributed by atoms with E-state index in [2.05, 4.69) is 0 Å². The second-order valence-corrected chi connectivity index (χ2v) is 4.23. The quantitative estimate of drug-likeness (QED) is 0.299. The van der Waals surface area contributed by atoms with E-state index in [4.69, 9.17) is 9.84 Å². The Hall–Kier alpha value is -2.15. The Morgan fingerprint density at radius 1 is 1.53 bits per heavy atom. The molecule has 2 aliphatic rings. The predicted octanol–water partition coefficient (Wildman–Crippen LogP) is -0.580. The summed E-state index contributed by atoms with van der Waals surface area (Å²) in [7, 11) is 0. The molecule has 2 saturated heterocycles. The van der Waals surface area contributed by atoms with Crippen LogP contribution in [-0.2, 0) is 19.1 Å². The van der Waals surface area contributed by atoms with Crippen molar-refractivity contribution in [3.05, 3.63) is 24.0 Å². The first-order chi connectivity index (χ1) is 9.07. The number of carboxylic acid groups (broad SMARTS) is 1. The highest BCUT2D eigenvalue weighted by atomic mass is 16.5. The van der Waals surface area contributed by atoms with Gasteiger partial charge in [-0.3, -0.25) is 14.5 Å². The molecule has 7 heteroatoms. The molecule has 7 nitrogen and oxygen atoms in total. The highest BCUT2D eigenvalue weighted by molar-refractivity contribution is 5.95. The average Bonchev–Trinajstić information content (AvgIpc) is 2.60. The van der Waals surface area contributed by atoms with Crippen molar-refractivity contribution in [1.82, 2.24) is 4.90 Å². The number of fused-ring (bicyclic) bond motifs is 1. The summed E-state index contributed by atoms with van der Waals surface area (Å²) in [4.78, 5) is 35.0. The fraction of sp³-hybridized carbons (Fsp3) is 0.417. The molecule has 0 aromatic rings. The number of rotatable bonds is 5. The van der Waals surface area contributed by atoms with Crippen LogP contribution in [-0.4, -0.2) is 51.6 Å². The van der Waals surface area contributed by atoms with Crippen LogP contribution in [0.4, 0.5) is 0 Å². The lowest BCUT2D eigenvalue weighted by Crippen LogP contribution is -2.62. The number of aliphatic hydroxyl groups is 1. The number of β-lactam (4-membered cyclic amide) rings is 1. The van der Waals surface area contributed by atoms with Crippen molar-refractivity contribution in [3.63, 3.8) is 0 Å². The van der Waals surface area contributed by atoms with Gasteiger partial charge in [-0.1, -0.05) is 12.2 Å². The van der Waals surface area contributed by atoms with Crippen molar-refractivity contribution in [2.75, 3.05) is 6.61 Å². The van der Waals surface area contributed by atoms with Gasteiger partial charge >= 0.3 is 5.97 Å². The zero-order valence-electron chi connectivity index (χ0n) is 9.98. The normalized spacial score (nSPS) is 31.2. The van der Waals surface area contributed by atoms with E-state index in [0.29, 0.717) is 6.29 Å². The molecule has 2 atom stereocenters. The summed E-state index contributed by atoms with van der Waals surface area (Å²) in [5, 5.41) is 18.2. The van der Waals surface area contributed by atoms with E-state index in [-0.39, 0.29) is 31.1 Å². The second-order valence-electron chi connectivity index (χ2n) is 4.23. The summed E-state index contributed by atoms with van der Waals surface area (Å²) in [6.45, 7) is -0.235. The fourth-order valence-corrected chi connectivity index (χ4v) is 2.37. The van der Waals surface area contributed by atoms with Crippen molar-refractivity contribution in [2.45, 2.75) is 24.6 Å². The highest BCUT2D eigenvalue weighted by Gasteiger charge is 2.64. The van der Waals surface area contributed by atoms with Crippen LogP contribution in [0, 0.1) is 0 Å². The van der Waals surface area contributed by atoms with Crippen LogP contribution in [0.15, 0.2) is 24.0 Å². The lowest BCUT2D eigenvalue weighted by atomic mass is 9.88. The van der Waals surface area contributed by atoms with Gasteiger partial charge in [-0.2, -0.15) is 0 Å². The Labute approximate surface area is 108 Å². The number of hydrogen-bond donors (Lipinski definition) is 2. The summed E-state index contributed by atoms with van der Waals surface area (Å²) in [5.41, 5.74) is -1.69. The number of aldehydes is 1. The largest absolute Gasteiger partial charge is 0.479 e. The van der Waals surface area contributed by atoms with Gasteiger partial charge in [0.05, 0.1) is 13.0 Å². The van der Waals surface area contributed by atoms with Gasteiger partial charge in [0.25, 0.3) is 0 Å². The van der Waals surface area contributed by atoms with Gasteiger partial charge in [-0.15, -0.1) is 0 Å². The molecule has 0 aromatic carbocycles. The SMILES string of the molecule is O=CC=C1O[C@@H]2CC(=O)N2C1(CC=CCO)C(=O)O. The van der Waals surface area contributed by atoms with Crippen LogP contribution < -0.4 is 0 Å². The molecule has 2 heterocycles. The maximum absolute atomic E-state index is 11.6. The molecule has 1 amide bonds. The van der Waals surface area contributed by atoms with Gasteiger partial charge in [0, 0.05) is 12.5 Å². The van der Waals surface area contributed by atoms with Crippen molar-refractivity contribution < 1.29 is 29.3 Å². The van der Waals surface area contributed by atoms with Crippen LogP contribution in [0.25, 0.3) is 0 Å². The van der Waals surface area contributed by atoms with Crippen molar-refractivity contribution in [3.8, 4) is 0 Å². The number of aliphatic carboxylic acids is 1. The zero-order valence-corrected chi connectivity index (χ0v) is 9.98. The molecule has 0 aromatic heterocycles. The van der Waals surface area contributed by atoms with Gasteiger partial charge in [0.2, 0.25) is 11.4 Å². The molecule has 0 bridgehead atoms. The zero-order chi connectivity index (χ0) is 14.0. The molecule has 0 radical (unpaired) electrons. The van der Waals surface area contributed by atoms with Crippen LogP contribution in [0.2, 0.25) is 0 Å². The molecule has 2 fully saturated rings. The number of hydrogen-bond acceptors (Lipinski definition) is 5. The van der Waals surface area contributed by atoms with Crippen LogP contribution >= 0.6 is 0 Å². The maximum atomic E-state index is 11.6. The number of allylic oxidation sites excluding steroid dienone is 1. The molecule has 0 spiro atoms. The number of carbonyl (C=O) groups is 3. The maximum Gasteiger partial charge on any atom is 0.338 e. The van der Waals surface area contributed by atoms with Gasteiger partial charge in [0.1, 0.15) is 12.0 Å². The smallest absolute Gasteiger partial charge is 0.338 e. The molecule has 2 rings (SSSR count). The molecule has 2 aliphatic heterocycles. The number of amides is 1. The standard InChI is InChI=1S/C12H13NO6/c14-5-2-1-4-12(11(17)18)8(3-6-15)19-10-7-9(16)13(10)12/h1-3,6,10,14H,4-5,7H2,(H,17,18)/t10-,12?/m1/s1. The van der Waals surface area contributed by atoms with Crippen molar-refractivity contribution >= 4 is 18.2 Å². The summed E-state index contributed by atoms with van der Waals surface area (Å²) >= 11 is 0. The summed E-state index contributed by atoms with van der Waals surface area (Å²) < 4.78 is 5.34. The minimum atomic E-state index is -1.69. The molecule has 2 N–H and O–H groups in total. The molecule has 0 saturated carbocycles.